The number of hydrazone groups is 1. The van der Waals surface area contributed by atoms with Gasteiger partial charge < -0.3 is 9.47 Å². The van der Waals surface area contributed by atoms with Gasteiger partial charge in [-0.3, -0.25) is 10.1 Å². The zero-order valence-corrected chi connectivity index (χ0v) is 20.1. The van der Waals surface area contributed by atoms with Gasteiger partial charge in [-0.2, -0.15) is 18.4 Å². The highest BCUT2D eigenvalue weighted by molar-refractivity contribution is 9.10. The van der Waals surface area contributed by atoms with E-state index >= 15 is 0 Å². The van der Waals surface area contributed by atoms with E-state index in [0.29, 0.717) is 28.1 Å². The number of benzene rings is 3. The topological polar surface area (TPSA) is 120 Å². The molecule has 0 bridgehead atoms. The molecule has 3 aromatic rings. The van der Waals surface area contributed by atoms with Crippen molar-refractivity contribution < 1.29 is 22.8 Å². The average molecular weight is 534 g/mol. The molecule has 0 saturated heterocycles. The van der Waals surface area contributed by atoms with Gasteiger partial charge in [-0.05, 0) is 52.2 Å². The lowest BCUT2D eigenvalue weighted by molar-refractivity contribution is -0.387. The molecule has 0 unspecified atom stereocenters. The molecule has 0 aliphatic rings. The molecule has 11 heteroatoms. The smallest absolute Gasteiger partial charge is 0.289 e. The molecule has 0 aliphatic carbocycles. The fourth-order valence-corrected chi connectivity index (χ4v) is 4.39. The Balaban J connectivity index is 1.77. The van der Waals surface area contributed by atoms with Crippen molar-refractivity contribution in [2.45, 2.75) is 18.4 Å². The Morgan fingerprint density at radius 2 is 1.85 bits per heavy atom. The van der Waals surface area contributed by atoms with E-state index in [0.717, 1.165) is 23.3 Å². The largest absolute Gasteiger partial charge is 0.493 e. The van der Waals surface area contributed by atoms with Crippen molar-refractivity contribution >= 4 is 37.9 Å². The van der Waals surface area contributed by atoms with Gasteiger partial charge in [-0.1, -0.05) is 42.0 Å². The summed E-state index contributed by atoms with van der Waals surface area (Å²) in [5.41, 5.74) is 2.11. The molecule has 3 rings (SSSR count). The Kier molecular flexibility index (Phi) is 7.67. The summed E-state index contributed by atoms with van der Waals surface area (Å²) >= 11 is 3.44. The summed E-state index contributed by atoms with van der Waals surface area (Å²) in [7, 11) is -2.75. The lowest BCUT2D eigenvalue weighted by Gasteiger charge is -2.13. The molecule has 0 heterocycles. The van der Waals surface area contributed by atoms with E-state index < -0.39 is 25.5 Å². The van der Waals surface area contributed by atoms with Crippen LogP contribution in [0.1, 0.15) is 16.7 Å². The number of nitro groups is 1. The molecule has 0 aromatic heterocycles. The molecule has 9 nitrogen and oxygen atoms in total. The van der Waals surface area contributed by atoms with E-state index in [-0.39, 0.29) is 0 Å². The number of aryl methyl sites for hydroxylation is 1. The van der Waals surface area contributed by atoms with Gasteiger partial charge in [-0.25, -0.2) is 0 Å². The summed E-state index contributed by atoms with van der Waals surface area (Å²) in [6, 6.07) is 16.2. The maximum Gasteiger partial charge on any atom is 0.289 e. The highest BCUT2D eigenvalue weighted by atomic mass is 79.9. The predicted octanol–water partition coefficient (Wildman–Crippen LogP) is 4.57. The zero-order valence-electron chi connectivity index (χ0n) is 17.7. The van der Waals surface area contributed by atoms with Gasteiger partial charge in [0.2, 0.25) is 0 Å². The van der Waals surface area contributed by atoms with Crippen LogP contribution < -0.4 is 14.3 Å². The van der Waals surface area contributed by atoms with Gasteiger partial charge in [0, 0.05) is 6.07 Å². The number of sulfonamides is 1. The second-order valence-electron chi connectivity index (χ2n) is 6.89. The highest BCUT2D eigenvalue weighted by Gasteiger charge is 2.24. The standard InChI is InChI=1S/C22H20BrN3O6S/c1-15-7-9-16(10-8-15)14-32-22-18(23)11-17(12-20(22)31-2)13-24-25-33(29,30)21-6-4-3-5-19(21)26(27)28/h3-13,25H,14H2,1-2H3/b24-13-. The first-order chi connectivity index (χ1) is 15.7. The van der Waals surface area contributed by atoms with Crippen LogP contribution >= 0.6 is 15.9 Å². The number of ether oxygens (including phenoxy) is 2. The summed E-state index contributed by atoms with van der Waals surface area (Å²) in [6.45, 7) is 2.34. The number of nitrogens with one attached hydrogen (secondary N) is 1. The number of para-hydroxylation sites is 1. The molecule has 33 heavy (non-hydrogen) atoms. The Hall–Kier alpha value is -3.44. The number of hydrogen-bond acceptors (Lipinski definition) is 7. The number of methoxy groups -OCH3 is 1. The van der Waals surface area contributed by atoms with E-state index in [1.807, 2.05) is 36.0 Å². The Bertz CT molecular complexity index is 1290. The van der Waals surface area contributed by atoms with Gasteiger partial charge in [0.1, 0.15) is 6.61 Å². The van der Waals surface area contributed by atoms with Crippen LogP contribution in [-0.4, -0.2) is 26.7 Å². The SMILES string of the molecule is COc1cc(/C=N\NS(=O)(=O)c2ccccc2[N+](=O)[O-])cc(Br)c1OCc1ccc(C)cc1. The lowest BCUT2D eigenvalue weighted by Crippen LogP contribution is -2.19. The normalized spacial score (nSPS) is 11.4. The molecule has 172 valence electrons. The highest BCUT2D eigenvalue weighted by Crippen LogP contribution is 2.37. The fraction of sp³-hybridized carbons (Fsp3) is 0.136. The van der Waals surface area contributed by atoms with Crippen molar-refractivity contribution in [3.8, 4) is 11.5 Å². The molecule has 1 N–H and O–H groups in total. The Morgan fingerprint density at radius 1 is 1.15 bits per heavy atom. The maximum absolute atomic E-state index is 12.4. The van der Waals surface area contributed by atoms with Crippen LogP contribution in [-0.2, 0) is 16.6 Å². The third kappa shape index (κ3) is 6.08. The second-order valence-corrected chi connectivity index (χ2v) is 9.37. The second kappa shape index (κ2) is 10.5. The van der Waals surface area contributed by atoms with E-state index in [9.17, 15) is 18.5 Å². The first-order valence-corrected chi connectivity index (χ1v) is 11.8. The van der Waals surface area contributed by atoms with E-state index in [2.05, 4.69) is 21.0 Å². The van der Waals surface area contributed by atoms with Gasteiger partial charge in [0.05, 0.1) is 22.7 Å². The quantitative estimate of drug-likeness (QED) is 0.244. The molecule has 0 spiro atoms. The number of nitrogens with zero attached hydrogens (tertiary/aromatic N) is 2. The number of hydrogen-bond donors (Lipinski definition) is 1. The van der Waals surface area contributed by atoms with Crippen LogP contribution in [0.4, 0.5) is 5.69 Å². The van der Waals surface area contributed by atoms with Crippen LogP contribution in [0.15, 0.2) is 75.1 Å². The molecular formula is C22H20BrN3O6S. The number of rotatable bonds is 9. The van der Waals surface area contributed by atoms with Gasteiger partial charge in [0.25, 0.3) is 15.7 Å². The molecule has 0 atom stereocenters. The van der Waals surface area contributed by atoms with Crippen molar-refractivity contribution in [3.05, 3.63) is 91.9 Å². The zero-order chi connectivity index (χ0) is 24.0. The molecule has 0 saturated carbocycles. The van der Waals surface area contributed by atoms with Crippen LogP contribution in [0.3, 0.4) is 0 Å². The first kappa shape index (κ1) is 24.2. The first-order valence-electron chi connectivity index (χ1n) is 9.55. The summed E-state index contributed by atoms with van der Waals surface area (Å²) < 4.78 is 36.8. The average Bonchev–Trinajstić information content (AvgIpc) is 2.79. The predicted molar refractivity (Wildman–Crippen MR) is 127 cm³/mol. The molecule has 3 aromatic carbocycles. The van der Waals surface area contributed by atoms with Gasteiger partial charge >= 0.3 is 0 Å². The third-order valence-corrected chi connectivity index (χ3v) is 6.35. The van der Waals surface area contributed by atoms with Crippen molar-refractivity contribution in [1.82, 2.24) is 4.83 Å². The van der Waals surface area contributed by atoms with Crippen molar-refractivity contribution in [3.63, 3.8) is 0 Å². The van der Waals surface area contributed by atoms with E-state index in [1.54, 1.807) is 12.1 Å². The molecular weight excluding hydrogens is 514 g/mol. The molecule has 0 radical (unpaired) electrons. The van der Waals surface area contributed by atoms with Crippen LogP contribution in [0.5, 0.6) is 11.5 Å². The molecule has 0 fully saturated rings. The monoisotopic (exact) mass is 533 g/mol. The summed E-state index contributed by atoms with van der Waals surface area (Å²) in [5, 5.41) is 14.8. The van der Waals surface area contributed by atoms with Crippen LogP contribution in [0, 0.1) is 17.0 Å². The molecule has 0 aliphatic heterocycles. The van der Waals surface area contributed by atoms with Crippen molar-refractivity contribution in [2.24, 2.45) is 5.10 Å². The van der Waals surface area contributed by atoms with Gasteiger partial charge in [0.15, 0.2) is 16.4 Å². The Morgan fingerprint density at radius 3 is 2.52 bits per heavy atom. The van der Waals surface area contributed by atoms with Crippen LogP contribution in [0.25, 0.3) is 0 Å². The van der Waals surface area contributed by atoms with Crippen molar-refractivity contribution in [1.29, 1.82) is 0 Å². The van der Waals surface area contributed by atoms with Crippen molar-refractivity contribution in [2.75, 3.05) is 7.11 Å². The van der Waals surface area contributed by atoms with E-state index in [4.69, 9.17) is 9.47 Å². The summed E-state index contributed by atoms with van der Waals surface area (Å²) in [5.74, 6) is 0.898. The number of halogens is 1. The maximum atomic E-state index is 12.4. The van der Waals surface area contributed by atoms with E-state index in [1.165, 1.54) is 25.5 Å². The summed E-state index contributed by atoms with van der Waals surface area (Å²) in [4.78, 5) is 11.8. The van der Waals surface area contributed by atoms with Crippen LogP contribution in [0.2, 0.25) is 0 Å². The minimum absolute atomic E-state index is 0.332. The fourth-order valence-electron chi connectivity index (χ4n) is 2.85. The minimum atomic E-state index is -4.24. The molecule has 0 amide bonds. The third-order valence-electron chi connectivity index (χ3n) is 4.49. The van der Waals surface area contributed by atoms with Gasteiger partial charge in [-0.15, -0.1) is 0 Å². The number of nitro benzene ring substituents is 1. The minimum Gasteiger partial charge on any atom is -0.493 e. The Labute approximate surface area is 199 Å². The summed E-state index contributed by atoms with van der Waals surface area (Å²) in [6.07, 6.45) is 1.25. The lowest BCUT2D eigenvalue weighted by atomic mass is 10.2.